The van der Waals surface area contributed by atoms with Gasteiger partial charge in [0.2, 0.25) is 0 Å². The zero-order valence-electron chi connectivity index (χ0n) is 11.5. The topological polar surface area (TPSA) is 21.3 Å². The minimum atomic E-state index is 0.683. The molecule has 0 amide bonds. The van der Waals surface area contributed by atoms with E-state index in [1.54, 1.807) is 0 Å². The number of hydrogen-bond acceptors (Lipinski definition) is 2. The lowest BCUT2D eigenvalue weighted by atomic mass is 9.85. The maximum atomic E-state index is 5.49. The summed E-state index contributed by atoms with van der Waals surface area (Å²) in [5, 5.41) is 3.74. The van der Waals surface area contributed by atoms with E-state index >= 15 is 0 Å². The second-order valence-corrected chi connectivity index (χ2v) is 5.80. The smallest absolute Gasteiger partial charge is 0.0480 e. The first-order valence-electron chi connectivity index (χ1n) is 6.92. The summed E-state index contributed by atoms with van der Waals surface area (Å²) in [6.07, 6.45) is 3.68. The highest BCUT2D eigenvalue weighted by atomic mass is 16.5. The minimum absolute atomic E-state index is 0.683. The molecule has 0 aromatic rings. The van der Waals surface area contributed by atoms with Crippen molar-refractivity contribution in [3.05, 3.63) is 0 Å². The molecule has 1 fully saturated rings. The third-order valence-electron chi connectivity index (χ3n) is 3.81. The van der Waals surface area contributed by atoms with Crippen LogP contribution in [0.1, 0.15) is 47.0 Å². The molecule has 1 atom stereocenters. The Bertz CT molecular complexity index is 164. The molecule has 1 saturated heterocycles. The summed E-state index contributed by atoms with van der Waals surface area (Å²) in [5.74, 6) is 2.34. The summed E-state index contributed by atoms with van der Waals surface area (Å²) in [4.78, 5) is 0. The molecule has 0 aromatic carbocycles. The number of hydrogen-bond donors (Lipinski definition) is 1. The first-order valence-corrected chi connectivity index (χ1v) is 6.92. The first-order chi connectivity index (χ1) is 7.61. The molecule has 1 rings (SSSR count). The van der Waals surface area contributed by atoms with Crippen LogP contribution in [0.4, 0.5) is 0 Å². The van der Waals surface area contributed by atoms with E-state index in [9.17, 15) is 0 Å². The van der Waals surface area contributed by atoms with E-state index in [0.29, 0.717) is 6.04 Å². The molecular formula is C14H29NO. The van der Waals surface area contributed by atoms with Crippen molar-refractivity contribution >= 4 is 0 Å². The zero-order chi connectivity index (χ0) is 12.0. The predicted octanol–water partition coefficient (Wildman–Crippen LogP) is 3.07. The summed E-state index contributed by atoms with van der Waals surface area (Å²) in [7, 11) is 0. The first kappa shape index (κ1) is 14.0. The van der Waals surface area contributed by atoms with Gasteiger partial charge >= 0.3 is 0 Å². The number of nitrogens with one attached hydrogen (secondary N) is 1. The largest absolute Gasteiger partial charge is 0.381 e. The van der Waals surface area contributed by atoms with E-state index in [1.807, 2.05) is 0 Å². The molecule has 1 unspecified atom stereocenters. The van der Waals surface area contributed by atoms with E-state index in [1.165, 1.54) is 25.8 Å². The van der Waals surface area contributed by atoms with Gasteiger partial charge in [-0.15, -0.1) is 0 Å². The Morgan fingerprint density at radius 1 is 1.06 bits per heavy atom. The van der Waals surface area contributed by atoms with Crippen molar-refractivity contribution in [1.82, 2.24) is 5.32 Å². The van der Waals surface area contributed by atoms with Crippen LogP contribution in [0.2, 0.25) is 0 Å². The van der Waals surface area contributed by atoms with Crippen LogP contribution in [0.5, 0.6) is 0 Å². The second kappa shape index (κ2) is 7.29. The number of ether oxygens (including phenoxy) is 1. The Kier molecular flexibility index (Phi) is 6.37. The molecule has 0 saturated carbocycles. The summed E-state index contributed by atoms with van der Waals surface area (Å²) >= 11 is 0. The average Bonchev–Trinajstić information content (AvgIpc) is 2.45. The number of rotatable bonds is 5. The van der Waals surface area contributed by atoms with Crippen LogP contribution in [-0.4, -0.2) is 25.8 Å². The maximum Gasteiger partial charge on any atom is 0.0480 e. The van der Waals surface area contributed by atoms with Crippen LogP contribution in [0.25, 0.3) is 0 Å². The van der Waals surface area contributed by atoms with Crippen LogP contribution in [0.3, 0.4) is 0 Å². The summed E-state index contributed by atoms with van der Waals surface area (Å²) in [6.45, 7) is 12.4. The van der Waals surface area contributed by atoms with Crippen LogP contribution in [0, 0.1) is 17.8 Å². The van der Waals surface area contributed by atoms with Crippen LogP contribution < -0.4 is 5.32 Å². The highest BCUT2D eigenvalue weighted by Gasteiger charge is 2.19. The predicted molar refractivity (Wildman–Crippen MR) is 69.6 cm³/mol. The van der Waals surface area contributed by atoms with Crippen LogP contribution in [-0.2, 0) is 4.74 Å². The molecule has 16 heavy (non-hydrogen) atoms. The molecule has 2 nitrogen and oxygen atoms in total. The summed E-state index contributed by atoms with van der Waals surface area (Å²) in [6, 6.07) is 0.683. The lowest BCUT2D eigenvalue weighted by Gasteiger charge is -2.27. The van der Waals surface area contributed by atoms with Gasteiger partial charge in [-0.05, 0) is 43.6 Å². The molecular weight excluding hydrogens is 198 g/mol. The van der Waals surface area contributed by atoms with Crippen LogP contribution in [0.15, 0.2) is 0 Å². The quantitative estimate of drug-likeness (QED) is 0.779. The maximum absolute atomic E-state index is 5.49. The van der Waals surface area contributed by atoms with Crippen molar-refractivity contribution in [2.45, 2.75) is 53.0 Å². The fourth-order valence-corrected chi connectivity index (χ4v) is 2.65. The molecule has 0 spiro atoms. The van der Waals surface area contributed by atoms with Crippen molar-refractivity contribution in [3.63, 3.8) is 0 Å². The minimum Gasteiger partial charge on any atom is -0.381 e. The van der Waals surface area contributed by atoms with Gasteiger partial charge in [0.15, 0.2) is 0 Å². The lowest BCUT2D eigenvalue weighted by molar-refractivity contribution is 0.142. The van der Waals surface area contributed by atoms with Crippen molar-refractivity contribution < 1.29 is 4.74 Å². The highest BCUT2D eigenvalue weighted by molar-refractivity contribution is 4.75. The van der Waals surface area contributed by atoms with Gasteiger partial charge in [0.25, 0.3) is 0 Å². The molecule has 1 N–H and O–H groups in total. The third kappa shape index (κ3) is 4.84. The van der Waals surface area contributed by atoms with Gasteiger partial charge < -0.3 is 10.1 Å². The van der Waals surface area contributed by atoms with Crippen molar-refractivity contribution in [2.75, 3.05) is 19.8 Å². The lowest BCUT2D eigenvalue weighted by Crippen LogP contribution is -2.37. The molecule has 96 valence electrons. The van der Waals surface area contributed by atoms with E-state index in [0.717, 1.165) is 31.0 Å². The Morgan fingerprint density at radius 3 is 2.38 bits per heavy atom. The molecule has 1 heterocycles. The SMILES string of the molecule is CC(C)C(CNC1CCCOCC1)C(C)C. The Morgan fingerprint density at radius 2 is 1.75 bits per heavy atom. The Hall–Kier alpha value is -0.0800. The fraction of sp³-hybridized carbons (Fsp3) is 1.00. The molecule has 0 radical (unpaired) electrons. The second-order valence-electron chi connectivity index (χ2n) is 5.80. The van der Waals surface area contributed by atoms with E-state index < -0.39 is 0 Å². The normalized spacial score (nSPS) is 23.1. The molecule has 0 bridgehead atoms. The van der Waals surface area contributed by atoms with Gasteiger partial charge in [-0.2, -0.15) is 0 Å². The van der Waals surface area contributed by atoms with Gasteiger partial charge in [-0.3, -0.25) is 0 Å². The Balaban J connectivity index is 2.30. The highest BCUT2D eigenvalue weighted by Crippen LogP contribution is 2.20. The molecule has 0 aromatic heterocycles. The molecule has 2 heteroatoms. The molecule has 1 aliphatic heterocycles. The van der Waals surface area contributed by atoms with Crippen molar-refractivity contribution in [1.29, 1.82) is 0 Å². The monoisotopic (exact) mass is 227 g/mol. The molecule has 1 aliphatic rings. The van der Waals surface area contributed by atoms with E-state index in [2.05, 4.69) is 33.0 Å². The third-order valence-corrected chi connectivity index (χ3v) is 3.81. The van der Waals surface area contributed by atoms with Gasteiger partial charge in [0.1, 0.15) is 0 Å². The average molecular weight is 227 g/mol. The van der Waals surface area contributed by atoms with E-state index in [4.69, 9.17) is 4.74 Å². The standard InChI is InChI=1S/C14H29NO/c1-11(2)14(12(3)4)10-15-13-6-5-8-16-9-7-13/h11-15H,5-10H2,1-4H3. The zero-order valence-corrected chi connectivity index (χ0v) is 11.5. The van der Waals surface area contributed by atoms with Gasteiger partial charge in [-0.1, -0.05) is 27.7 Å². The van der Waals surface area contributed by atoms with Gasteiger partial charge in [0, 0.05) is 19.3 Å². The van der Waals surface area contributed by atoms with Gasteiger partial charge in [-0.25, -0.2) is 0 Å². The van der Waals surface area contributed by atoms with Gasteiger partial charge in [0.05, 0.1) is 0 Å². The van der Waals surface area contributed by atoms with Crippen molar-refractivity contribution in [3.8, 4) is 0 Å². The molecule has 0 aliphatic carbocycles. The summed E-state index contributed by atoms with van der Waals surface area (Å²) in [5.41, 5.74) is 0. The Labute approximate surface area is 101 Å². The van der Waals surface area contributed by atoms with E-state index in [-0.39, 0.29) is 0 Å². The van der Waals surface area contributed by atoms with Crippen molar-refractivity contribution in [2.24, 2.45) is 17.8 Å². The fourth-order valence-electron chi connectivity index (χ4n) is 2.65. The summed E-state index contributed by atoms with van der Waals surface area (Å²) < 4.78 is 5.49. The van der Waals surface area contributed by atoms with Crippen LogP contribution >= 0.6 is 0 Å².